The number of nitrogens with zero attached hydrogens (tertiary/aromatic N) is 2. The van der Waals surface area contributed by atoms with Crippen molar-refractivity contribution in [1.29, 1.82) is 0 Å². The monoisotopic (exact) mass is 255 g/mol. The van der Waals surface area contributed by atoms with Crippen LogP contribution in [0.5, 0.6) is 0 Å². The minimum atomic E-state index is -1.05. The van der Waals surface area contributed by atoms with E-state index in [1.54, 1.807) is 7.11 Å². The third-order valence-corrected chi connectivity index (χ3v) is 2.33. The molecule has 0 aromatic carbocycles. The van der Waals surface area contributed by atoms with Crippen LogP contribution in [0, 0.1) is 0 Å². The minimum Gasteiger partial charge on any atom is -0.477 e. The van der Waals surface area contributed by atoms with Gasteiger partial charge in [-0.25, -0.2) is 4.79 Å². The molecule has 0 atom stereocenters. The third-order valence-electron chi connectivity index (χ3n) is 2.33. The lowest BCUT2D eigenvalue weighted by Gasteiger charge is -2.06. The van der Waals surface area contributed by atoms with Gasteiger partial charge in [-0.1, -0.05) is 0 Å². The van der Waals surface area contributed by atoms with Crippen molar-refractivity contribution >= 4 is 11.9 Å². The van der Waals surface area contributed by atoms with Crippen LogP contribution < -0.4 is 5.32 Å². The highest BCUT2D eigenvalue weighted by Gasteiger charge is 2.10. The first-order valence-corrected chi connectivity index (χ1v) is 5.66. The van der Waals surface area contributed by atoms with Crippen molar-refractivity contribution in [2.75, 3.05) is 20.3 Å². The van der Waals surface area contributed by atoms with E-state index in [2.05, 4.69) is 10.4 Å². The fraction of sp³-hybridized carbons (Fsp3) is 0.545. The van der Waals surface area contributed by atoms with Crippen molar-refractivity contribution in [2.24, 2.45) is 0 Å². The van der Waals surface area contributed by atoms with Gasteiger partial charge in [-0.15, -0.1) is 0 Å². The van der Waals surface area contributed by atoms with E-state index in [1.165, 1.54) is 16.9 Å². The maximum absolute atomic E-state index is 11.4. The molecule has 2 N–H and O–H groups in total. The maximum Gasteiger partial charge on any atom is 0.354 e. The molecule has 1 amide bonds. The fourth-order valence-electron chi connectivity index (χ4n) is 1.43. The Balaban J connectivity index is 2.29. The Morgan fingerprint density at radius 3 is 3.00 bits per heavy atom. The minimum absolute atomic E-state index is 0.0854. The number of carbonyl (C=O) groups is 2. The van der Waals surface area contributed by atoms with Gasteiger partial charge < -0.3 is 15.2 Å². The Morgan fingerprint density at radius 1 is 1.56 bits per heavy atom. The summed E-state index contributed by atoms with van der Waals surface area (Å²) < 4.78 is 6.16. The SMILES string of the molecule is COCCCNC(=O)CCn1nccc1C(=O)O. The van der Waals surface area contributed by atoms with Gasteiger partial charge in [-0.05, 0) is 12.5 Å². The molecule has 7 nitrogen and oxygen atoms in total. The summed E-state index contributed by atoms with van der Waals surface area (Å²) in [7, 11) is 1.60. The van der Waals surface area contributed by atoms with Gasteiger partial charge in [0.15, 0.2) is 0 Å². The molecule has 0 unspecified atom stereocenters. The number of hydrogen-bond donors (Lipinski definition) is 2. The average molecular weight is 255 g/mol. The number of aromatic carboxylic acids is 1. The number of ether oxygens (including phenoxy) is 1. The molecule has 1 rings (SSSR count). The highest BCUT2D eigenvalue weighted by Crippen LogP contribution is 2.00. The van der Waals surface area contributed by atoms with Gasteiger partial charge in [0.1, 0.15) is 5.69 Å². The Labute approximate surface area is 105 Å². The van der Waals surface area contributed by atoms with Crippen molar-refractivity contribution in [1.82, 2.24) is 15.1 Å². The Bertz CT molecular complexity index is 403. The zero-order valence-electron chi connectivity index (χ0n) is 10.3. The highest BCUT2D eigenvalue weighted by molar-refractivity contribution is 5.85. The first-order valence-electron chi connectivity index (χ1n) is 5.66. The molecule has 1 aromatic heterocycles. The molecule has 0 saturated carbocycles. The normalized spacial score (nSPS) is 10.3. The topological polar surface area (TPSA) is 93.5 Å². The van der Waals surface area contributed by atoms with Gasteiger partial charge in [-0.2, -0.15) is 5.10 Å². The van der Waals surface area contributed by atoms with Crippen LogP contribution in [-0.2, 0) is 16.1 Å². The molecule has 0 aliphatic heterocycles. The van der Waals surface area contributed by atoms with Crippen LogP contribution in [0.15, 0.2) is 12.3 Å². The quantitative estimate of drug-likeness (QED) is 0.644. The van der Waals surface area contributed by atoms with Crippen LogP contribution in [0.4, 0.5) is 0 Å². The van der Waals surface area contributed by atoms with Crippen molar-refractivity contribution in [3.63, 3.8) is 0 Å². The molecule has 0 fully saturated rings. The smallest absolute Gasteiger partial charge is 0.354 e. The van der Waals surface area contributed by atoms with E-state index in [9.17, 15) is 9.59 Å². The lowest BCUT2D eigenvalue weighted by Crippen LogP contribution is -2.26. The summed E-state index contributed by atoms with van der Waals surface area (Å²) in [5.41, 5.74) is 0.0854. The van der Waals surface area contributed by atoms with Gasteiger partial charge in [0.05, 0.1) is 6.54 Å². The molecule has 0 spiro atoms. The van der Waals surface area contributed by atoms with Gasteiger partial charge in [0.25, 0.3) is 0 Å². The standard InChI is InChI=1S/C11H17N3O4/c1-18-8-2-5-12-10(15)4-7-14-9(11(16)17)3-6-13-14/h3,6H,2,4-5,7-8H2,1H3,(H,12,15)(H,16,17). The number of hydrogen-bond acceptors (Lipinski definition) is 4. The molecular formula is C11H17N3O4. The summed E-state index contributed by atoms with van der Waals surface area (Å²) in [6.07, 6.45) is 2.36. The first kappa shape index (κ1) is 14.2. The van der Waals surface area contributed by atoms with Crippen LogP contribution in [0.25, 0.3) is 0 Å². The van der Waals surface area contributed by atoms with E-state index in [-0.39, 0.29) is 24.6 Å². The number of aryl methyl sites for hydroxylation is 1. The molecular weight excluding hydrogens is 238 g/mol. The summed E-state index contributed by atoms with van der Waals surface area (Å²) in [5.74, 6) is -1.18. The third kappa shape index (κ3) is 4.54. The van der Waals surface area contributed by atoms with E-state index >= 15 is 0 Å². The Morgan fingerprint density at radius 2 is 2.33 bits per heavy atom. The van der Waals surface area contributed by atoms with E-state index in [4.69, 9.17) is 9.84 Å². The number of carboxylic acid groups (broad SMARTS) is 1. The molecule has 100 valence electrons. The van der Waals surface area contributed by atoms with Crippen LogP contribution >= 0.6 is 0 Å². The number of carboxylic acids is 1. The van der Waals surface area contributed by atoms with E-state index in [1.807, 2.05) is 0 Å². The molecule has 0 aliphatic carbocycles. The average Bonchev–Trinajstić information content (AvgIpc) is 2.80. The van der Waals surface area contributed by atoms with Crippen molar-refractivity contribution in [3.8, 4) is 0 Å². The molecule has 7 heteroatoms. The Hall–Kier alpha value is -1.89. The second-order valence-electron chi connectivity index (χ2n) is 3.69. The number of carbonyl (C=O) groups excluding carboxylic acids is 1. The largest absolute Gasteiger partial charge is 0.477 e. The molecule has 1 heterocycles. The van der Waals surface area contributed by atoms with E-state index in [0.717, 1.165) is 6.42 Å². The van der Waals surface area contributed by atoms with Gasteiger partial charge in [0, 0.05) is 32.9 Å². The molecule has 0 aliphatic rings. The highest BCUT2D eigenvalue weighted by atomic mass is 16.5. The number of rotatable bonds is 8. The van der Waals surface area contributed by atoms with Crippen LogP contribution in [0.3, 0.4) is 0 Å². The van der Waals surface area contributed by atoms with Crippen LogP contribution in [0.2, 0.25) is 0 Å². The predicted octanol–water partition coefficient (Wildman–Crippen LogP) is 0.124. The summed E-state index contributed by atoms with van der Waals surface area (Å²) in [6.45, 7) is 1.41. The summed E-state index contributed by atoms with van der Waals surface area (Å²) >= 11 is 0. The summed E-state index contributed by atoms with van der Waals surface area (Å²) in [5, 5.41) is 15.4. The van der Waals surface area contributed by atoms with Crippen LogP contribution in [-0.4, -0.2) is 47.0 Å². The molecule has 0 saturated heterocycles. The van der Waals surface area contributed by atoms with Crippen molar-refractivity contribution < 1.29 is 19.4 Å². The molecule has 0 bridgehead atoms. The second-order valence-corrected chi connectivity index (χ2v) is 3.69. The predicted molar refractivity (Wildman–Crippen MR) is 63.3 cm³/mol. The number of aromatic nitrogens is 2. The molecule has 1 aromatic rings. The van der Waals surface area contributed by atoms with Crippen molar-refractivity contribution in [3.05, 3.63) is 18.0 Å². The van der Waals surface area contributed by atoms with E-state index in [0.29, 0.717) is 13.2 Å². The fourth-order valence-corrected chi connectivity index (χ4v) is 1.43. The lowest BCUT2D eigenvalue weighted by atomic mass is 10.3. The molecule has 18 heavy (non-hydrogen) atoms. The maximum atomic E-state index is 11.4. The van der Waals surface area contributed by atoms with Gasteiger partial charge >= 0.3 is 5.97 Å². The van der Waals surface area contributed by atoms with Crippen LogP contribution in [0.1, 0.15) is 23.3 Å². The second kappa shape index (κ2) is 7.44. The number of methoxy groups -OCH3 is 1. The van der Waals surface area contributed by atoms with Gasteiger partial charge in [-0.3, -0.25) is 9.48 Å². The number of amides is 1. The zero-order valence-corrected chi connectivity index (χ0v) is 10.3. The summed E-state index contributed by atoms with van der Waals surface area (Å²) in [6, 6.07) is 1.40. The lowest BCUT2D eigenvalue weighted by molar-refractivity contribution is -0.121. The first-order chi connectivity index (χ1) is 8.65. The Kier molecular flexibility index (Phi) is 5.86. The van der Waals surface area contributed by atoms with Crippen molar-refractivity contribution in [2.45, 2.75) is 19.4 Å². The summed E-state index contributed by atoms with van der Waals surface area (Å²) in [4.78, 5) is 22.2. The number of nitrogens with one attached hydrogen (secondary N) is 1. The zero-order chi connectivity index (χ0) is 13.4. The van der Waals surface area contributed by atoms with E-state index < -0.39 is 5.97 Å². The van der Waals surface area contributed by atoms with Gasteiger partial charge in [0.2, 0.25) is 5.91 Å². The molecule has 0 radical (unpaired) electrons.